The van der Waals surface area contributed by atoms with Crippen molar-refractivity contribution in [1.29, 1.82) is 0 Å². The van der Waals surface area contributed by atoms with E-state index in [1.807, 2.05) is 24.3 Å². The second-order valence-corrected chi connectivity index (χ2v) is 24.4. The first kappa shape index (κ1) is 55.3. The van der Waals surface area contributed by atoms with Gasteiger partial charge in [-0.05, 0) is 187 Å². The number of thioether (sulfide) groups is 2. The summed E-state index contributed by atoms with van der Waals surface area (Å²) in [5, 5.41) is 14.6. The molecule has 10 aromatic rings. The van der Waals surface area contributed by atoms with Crippen LogP contribution < -0.4 is 19.3 Å². The van der Waals surface area contributed by atoms with Gasteiger partial charge in [-0.1, -0.05) is 122 Å². The summed E-state index contributed by atoms with van der Waals surface area (Å²) in [6.07, 6.45) is 9.90. The number of amides is 4. The molecule has 12 heteroatoms. The van der Waals surface area contributed by atoms with Gasteiger partial charge >= 0.3 is 0 Å². The normalized spacial score (nSPS) is 15.9. The molecule has 12 rings (SSSR count). The zero-order valence-electron chi connectivity index (χ0n) is 46.3. The van der Waals surface area contributed by atoms with E-state index in [-0.39, 0.29) is 47.0 Å². The van der Waals surface area contributed by atoms with Crippen molar-refractivity contribution >= 4 is 123 Å². The van der Waals surface area contributed by atoms with E-state index in [2.05, 4.69) is 109 Å². The van der Waals surface area contributed by atoms with Gasteiger partial charge in [0.25, 0.3) is 0 Å². The summed E-state index contributed by atoms with van der Waals surface area (Å²) in [4.78, 5) is 55.5. The molecule has 10 nitrogen and oxygen atoms in total. The highest BCUT2D eigenvalue weighted by Crippen LogP contribution is 2.39. The van der Waals surface area contributed by atoms with E-state index in [0.29, 0.717) is 62.5 Å². The van der Waals surface area contributed by atoms with Crippen LogP contribution in [0, 0.1) is 0 Å². The second-order valence-electron chi connectivity index (χ2n) is 21.7. The highest BCUT2D eigenvalue weighted by atomic mass is 32.2. The molecular weight excluding hydrogens is 1060 g/mol. The fourth-order valence-electron chi connectivity index (χ4n) is 12.0. The smallest absolute Gasteiger partial charge is 0.247 e. The Labute approximate surface area is 487 Å². The second kappa shape index (κ2) is 25.9. The van der Waals surface area contributed by atoms with Crippen molar-refractivity contribution in [3.63, 3.8) is 0 Å². The SMILES string of the molecule is O=C1CC(SCCCCCCSC2CC(=O)N(c3ccc(OCCCCCOCc4ccc5ccc6cccc7ccc4c5c67)cc3)C2=O)C(=O)N1c1ccc(OCCCCCOCc2ccc3ccc4cccc5ccc2c3c45)cc1. The van der Waals surface area contributed by atoms with Crippen molar-refractivity contribution in [2.45, 2.75) is 101 Å². The molecule has 0 aliphatic carbocycles. The highest BCUT2D eigenvalue weighted by Gasteiger charge is 2.41. The van der Waals surface area contributed by atoms with Gasteiger partial charge in [0.1, 0.15) is 11.5 Å². The van der Waals surface area contributed by atoms with Crippen LogP contribution in [0.1, 0.15) is 88.2 Å². The molecule has 2 unspecified atom stereocenters. The van der Waals surface area contributed by atoms with Crippen molar-refractivity contribution in [1.82, 2.24) is 0 Å². The molecule has 82 heavy (non-hydrogen) atoms. The molecule has 2 fully saturated rings. The minimum absolute atomic E-state index is 0.160. The van der Waals surface area contributed by atoms with Gasteiger partial charge in [-0.2, -0.15) is 0 Å². The average molecular weight is 1130 g/mol. The lowest BCUT2D eigenvalue weighted by atomic mass is 9.92. The van der Waals surface area contributed by atoms with E-state index in [4.69, 9.17) is 18.9 Å². The molecule has 10 aromatic carbocycles. The maximum Gasteiger partial charge on any atom is 0.247 e. The number of nitrogens with zero attached hydrogens (tertiary/aromatic N) is 2. The molecule has 0 aromatic heterocycles. The van der Waals surface area contributed by atoms with E-state index in [0.717, 1.165) is 75.7 Å². The first-order valence-electron chi connectivity index (χ1n) is 29.3. The molecular formula is C70H68N2O8S2. The van der Waals surface area contributed by atoms with Crippen LogP contribution in [-0.2, 0) is 41.9 Å². The predicted molar refractivity (Wildman–Crippen MR) is 336 cm³/mol. The first-order chi connectivity index (χ1) is 40.4. The van der Waals surface area contributed by atoms with Gasteiger partial charge in [-0.25, -0.2) is 9.80 Å². The Morgan fingerprint density at radius 1 is 0.366 bits per heavy atom. The summed E-state index contributed by atoms with van der Waals surface area (Å²) >= 11 is 3.12. The van der Waals surface area contributed by atoms with Crippen LogP contribution in [0.2, 0.25) is 0 Å². The zero-order chi connectivity index (χ0) is 55.8. The lowest BCUT2D eigenvalue weighted by Gasteiger charge is -2.16. The molecule has 0 radical (unpaired) electrons. The number of carbonyl (C=O) groups excluding carboxylic acids is 4. The van der Waals surface area contributed by atoms with Gasteiger partial charge in [0.2, 0.25) is 23.6 Å². The Kier molecular flexibility index (Phi) is 17.5. The number of hydrogen-bond donors (Lipinski definition) is 0. The Morgan fingerprint density at radius 2 is 0.720 bits per heavy atom. The minimum Gasteiger partial charge on any atom is -0.494 e. The summed E-state index contributed by atoms with van der Waals surface area (Å²) in [6, 6.07) is 54.0. The maximum absolute atomic E-state index is 13.4. The molecule has 0 bridgehead atoms. The third kappa shape index (κ3) is 12.1. The van der Waals surface area contributed by atoms with Gasteiger partial charge in [-0.3, -0.25) is 19.2 Å². The topological polar surface area (TPSA) is 112 Å². The monoisotopic (exact) mass is 1130 g/mol. The van der Waals surface area contributed by atoms with E-state index in [9.17, 15) is 19.2 Å². The predicted octanol–water partition coefficient (Wildman–Crippen LogP) is 16.0. The van der Waals surface area contributed by atoms with Gasteiger partial charge in [0.15, 0.2) is 0 Å². The number of unbranched alkanes of at least 4 members (excludes halogenated alkanes) is 7. The highest BCUT2D eigenvalue weighted by molar-refractivity contribution is 8.00. The first-order valence-corrected chi connectivity index (χ1v) is 31.3. The average Bonchev–Trinajstić information content (AvgIpc) is 4.07. The van der Waals surface area contributed by atoms with Crippen molar-refractivity contribution in [2.75, 3.05) is 47.7 Å². The number of carbonyl (C=O) groups is 4. The van der Waals surface area contributed by atoms with Crippen LogP contribution in [0.5, 0.6) is 11.5 Å². The number of imide groups is 2. The van der Waals surface area contributed by atoms with E-state index < -0.39 is 0 Å². The van der Waals surface area contributed by atoms with E-state index >= 15 is 0 Å². The van der Waals surface area contributed by atoms with Crippen LogP contribution in [0.3, 0.4) is 0 Å². The molecule has 2 aliphatic rings. The lowest BCUT2D eigenvalue weighted by Crippen LogP contribution is -2.31. The quantitative estimate of drug-likeness (QED) is 0.0255. The molecule has 0 N–H and O–H groups in total. The molecule has 2 aliphatic heterocycles. The van der Waals surface area contributed by atoms with E-state index in [1.165, 1.54) is 85.6 Å². The van der Waals surface area contributed by atoms with E-state index in [1.54, 1.807) is 47.8 Å². The van der Waals surface area contributed by atoms with Gasteiger partial charge in [-0.15, -0.1) is 23.5 Å². The van der Waals surface area contributed by atoms with Crippen molar-refractivity contribution in [3.8, 4) is 11.5 Å². The van der Waals surface area contributed by atoms with Crippen molar-refractivity contribution in [2.24, 2.45) is 0 Å². The molecule has 0 saturated carbocycles. The summed E-state index contributed by atoms with van der Waals surface area (Å²) in [5.74, 6) is 2.34. The molecule has 2 heterocycles. The van der Waals surface area contributed by atoms with Gasteiger partial charge in [0.05, 0.1) is 48.3 Å². The van der Waals surface area contributed by atoms with Crippen LogP contribution >= 0.6 is 23.5 Å². The Hall–Kier alpha value is -7.22. The molecule has 418 valence electrons. The molecule has 2 saturated heterocycles. The summed E-state index contributed by atoms with van der Waals surface area (Å²) in [7, 11) is 0. The number of rotatable bonds is 29. The number of anilines is 2. The maximum atomic E-state index is 13.4. The fourth-order valence-corrected chi connectivity index (χ4v) is 14.3. The minimum atomic E-state index is -0.382. The number of hydrogen-bond acceptors (Lipinski definition) is 10. The number of ether oxygens (including phenoxy) is 4. The van der Waals surface area contributed by atoms with Crippen LogP contribution in [-0.4, -0.2) is 72.1 Å². The number of benzene rings is 10. The van der Waals surface area contributed by atoms with Crippen LogP contribution in [0.4, 0.5) is 11.4 Å². The summed E-state index contributed by atoms with van der Waals surface area (Å²) in [6.45, 7) is 3.69. The fraction of sp³-hybridized carbons (Fsp3) is 0.314. The lowest BCUT2D eigenvalue weighted by molar-refractivity contribution is -0.122. The van der Waals surface area contributed by atoms with Crippen molar-refractivity contribution in [3.05, 3.63) is 169 Å². The molecule has 2 atom stereocenters. The van der Waals surface area contributed by atoms with Crippen molar-refractivity contribution < 1.29 is 38.1 Å². The van der Waals surface area contributed by atoms with Crippen LogP contribution in [0.15, 0.2) is 158 Å². The molecule has 0 spiro atoms. The van der Waals surface area contributed by atoms with Crippen LogP contribution in [0.25, 0.3) is 64.6 Å². The van der Waals surface area contributed by atoms with Gasteiger partial charge < -0.3 is 18.9 Å². The molecule has 4 amide bonds. The van der Waals surface area contributed by atoms with Gasteiger partial charge in [0, 0.05) is 26.1 Å². The summed E-state index contributed by atoms with van der Waals surface area (Å²) < 4.78 is 24.3. The third-order valence-electron chi connectivity index (χ3n) is 16.2. The largest absolute Gasteiger partial charge is 0.494 e. The Balaban J connectivity index is 0.484. The standard InChI is InChI=1S/C70H68N2O8S2/c73-63-43-61(69(75)71(63)55-27-31-57(32-28-55)79-39-7-3-5-37-77-45-53-23-21-51-19-17-47-13-11-15-49-25-35-59(53)67(51)65(47)49)81-41-9-1-2-10-42-82-62-44-64(74)72(70(62)76)56-29-33-58(34-30-56)80-40-8-4-6-38-78-46-54-24-22-52-20-18-48-14-12-16-50-26-36-60(54)68(52)66(48)50/h11-36,61-62H,1-10,37-46H2. The Morgan fingerprint density at radius 3 is 1.13 bits per heavy atom. The summed E-state index contributed by atoms with van der Waals surface area (Å²) in [5.41, 5.74) is 3.58. The zero-order valence-corrected chi connectivity index (χ0v) is 47.9. The third-order valence-corrected chi connectivity index (χ3v) is 18.8. The Bertz CT molecular complexity index is 3580.